The van der Waals surface area contributed by atoms with Crippen molar-refractivity contribution in [2.24, 2.45) is 0 Å². The van der Waals surface area contributed by atoms with Gasteiger partial charge in [0.15, 0.2) is 12.4 Å². The standard InChI is InChI=1S/C20H21NO4/c22-19(21-13-18-7-4-12-24-18)14-25-17-10-8-16(9-11-17)20(23)15-5-2-1-3-6-15/h1-3,5-6,8-11,18H,4,7,12-14H2,(H,21,22). The summed E-state index contributed by atoms with van der Waals surface area (Å²) in [5, 5.41) is 2.80. The minimum absolute atomic E-state index is 0.0403. The topological polar surface area (TPSA) is 64.6 Å². The molecule has 130 valence electrons. The van der Waals surface area contributed by atoms with Crippen LogP contribution < -0.4 is 10.1 Å². The Morgan fingerprint density at radius 1 is 1.04 bits per heavy atom. The summed E-state index contributed by atoms with van der Waals surface area (Å²) in [5.41, 5.74) is 1.23. The molecule has 1 atom stereocenters. The van der Waals surface area contributed by atoms with Crippen LogP contribution in [0.25, 0.3) is 0 Å². The van der Waals surface area contributed by atoms with E-state index in [0.717, 1.165) is 19.4 Å². The molecule has 1 N–H and O–H groups in total. The Hall–Kier alpha value is -2.66. The molecule has 1 amide bonds. The van der Waals surface area contributed by atoms with Crippen molar-refractivity contribution >= 4 is 11.7 Å². The molecule has 2 aromatic rings. The van der Waals surface area contributed by atoms with E-state index in [1.807, 2.05) is 18.2 Å². The largest absolute Gasteiger partial charge is 0.484 e. The second kappa shape index (κ2) is 8.44. The molecule has 0 aromatic heterocycles. The second-order valence-electron chi connectivity index (χ2n) is 5.95. The summed E-state index contributed by atoms with van der Waals surface area (Å²) in [6.45, 7) is 1.23. The van der Waals surface area contributed by atoms with E-state index in [-0.39, 0.29) is 24.4 Å². The first kappa shape index (κ1) is 17.2. The van der Waals surface area contributed by atoms with Gasteiger partial charge in [0, 0.05) is 24.3 Å². The van der Waals surface area contributed by atoms with Gasteiger partial charge in [0.05, 0.1) is 6.10 Å². The van der Waals surface area contributed by atoms with Gasteiger partial charge in [0.25, 0.3) is 5.91 Å². The van der Waals surface area contributed by atoms with Crippen LogP contribution in [0.3, 0.4) is 0 Å². The number of hydrogen-bond donors (Lipinski definition) is 1. The summed E-state index contributed by atoms with van der Waals surface area (Å²) in [6, 6.07) is 15.9. The first-order valence-corrected chi connectivity index (χ1v) is 8.43. The van der Waals surface area contributed by atoms with Crippen molar-refractivity contribution in [1.82, 2.24) is 5.32 Å². The molecule has 1 unspecified atom stereocenters. The minimum atomic E-state index is -0.181. The van der Waals surface area contributed by atoms with Crippen molar-refractivity contribution in [1.29, 1.82) is 0 Å². The first-order valence-electron chi connectivity index (χ1n) is 8.43. The van der Waals surface area contributed by atoms with Crippen LogP contribution in [0.4, 0.5) is 0 Å². The highest BCUT2D eigenvalue weighted by Crippen LogP contribution is 2.15. The second-order valence-corrected chi connectivity index (χ2v) is 5.95. The third-order valence-electron chi connectivity index (χ3n) is 4.07. The molecule has 1 aliphatic heterocycles. The molecule has 3 rings (SSSR count). The van der Waals surface area contributed by atoms with E-state index >= 15 is 0 Å². The molecule has 1 heterocycles. The maximum Gasteiger partial charge on any atom is 0.258 e. The summed E-state index contributed by atoms with van der Waals surface area (Å²) < 4.78 is 10.9. The summed E-state index contributed by atoms with van der Waals surface area (Å²) in [6.07, 6.45) is 2.15. The molecule has 1 fully saturated rings. The molecule has 0 radical (unpaired) electrons. The van der Waals surface area contributed by atoms with Gasteiger partial charge < -0.3 is 14.8 Å². The van der Waals surface area contributed by atoms with Gasteiger partial charge in [0.2, 0.25) is 0 Å². The molecule has 0 bridgehead atoms. The average molecular weight is 339 g/mol. The highest BCUT2D eigenvalue weighted by Gasteiger charge is 2.16. The van der Waals surface area contributed by atoms with E-state index < -0.39 is 0 Å². The zero-order valence-corrected chi connectivity index (χ0v) is 13.9. The van der Waals surface area contributed by atoms with Gasteiger partial charge in [0.1, 0.15) is 5.75 Å². The average Bonchev–Trinajstić information content (AvgIpc) is 3.19. The highest BCUT2D eigenvalue weighted by molar-refractivity contribution is 6.08. The van der Waals surface area contributed by atoms with Crippen LogP contribution in [-0.2, 0) is 9.53 Å². The fourth-order valence-corrected chi connectivity index (χ4v) is 2.69. The van der Waals surface area contributed by atoms with Crippen molar-refractivity contribution in [3.8, 4) is 5.75 Å². The molecule has 0 spiro atoms. The number of ketones is 1. The highest BCUT2D eigenvalue weighted by atomic mass is 16.5. The molecule has 2 aromatic carbocycles. The molecule has 25 heavy (non-hydrogen) atoms. The van der Waals surface area contributed by atoms with Gasteiger partial charge in [-0.2, -0.15) is 0 Å². The molecule has 0 aliphatic carbocycles. The van der Waals surface area contributed by atoms with E-state index in [0.29, 0.717) is 23.4 Å². The summed E-state index contributed by atoms with van der Waals surface area (Å²) in [4.78, 5) is 24.1. The maximum atomic E-state index is 12.3. The van der Waals surface area contributed by atoms with E-state index in [1.165, 1.54) is 0 Å². The Morgan fingerprint density at radius 2 is 1.76 bits per heavy atom. The van der Waals surface area contributed by atoms with Crippen molar-refractivity contribution < 1.29 is 19.1 Å². The summed E-state index contributed by atoms with van der Waals surface area (Å²) in [5.74, 6) is 0.332. The molecule has 0 saturated carbocycles. The fourth-order valence-electron chi connectivity index (χ4n) is 2.69. The first-order chi connectivity index (χ1) is 12.2. The van der Waals surface area contributed by atoms with Crippen molar-refractivity contribution in [3.63, 3.8) is 0 Å². The molecule has 1 aliphatic rings. The number of benzene rings is 2. The van der Waals surface area contributed by atoms with Crippen LogP contribution in [0.5, 0.6) is 5.75 Å². The number of rotatable bonds is 7. The van der Waals surface area contributed by atoms with Crippen LogP contribution in [0.15, 0.2) is 54.6 Å². The molecular weight excluding hydrogens is 318 g/mol. The van der Waals surface area contributed by atoms with Crippen LogP contribution in [0.2, 0.25) is 0 Å². The summed E-state index contributed by atoms with van der Waals surface area (Å²) >= 11 is 0. The SMILES string of the molecule is O=C(COc1ccc(C(=O)c2ccccc2)cc1)NCC1CCCO1. The lowest BCUT2D eigenvalue weighted by Gasteiger charge is -2.11. The van der Waals surface area contributed by atoms with Gasteiger partial charge in [-0.05, 0) is 37.1 Å². The Balaban J connectivity index is 1.47. The van der Waals surface area contributed by atoms with E-state index in [4.69, 9.17) is 9.47 Å². The van der Waals surface area contributed by atoms with Gasteiger partial charge in [-0.1, -0.05) is 30.3 Å². The number of carbonyl (C=O) groups excluding carboxylic acids is 2. The predicted octanol–water partition coefficient (Wildman–Crippen LogP) is 2.59. The van der Waals surface area contributed by atoms with E-state index in [9.17, 15) is 9.59 Å². The maximum absolute atomic E-state index is 12.3. The molecular formula is C20H21NO4. The third kappa shape index (κ3) is 4.90. The molecule has 1 saturated heterocycles. The number of nitrogens with one attached hydrogen (secondary N) is 1. The van der Waals surface area contributed by atoms with E-state index in [1.54, 1.807) is 36.4 Å². The van der Waals surface area contributed by atoms with Gasteiger partial charge in [-0.15, -0.1) is 0 Å². The van der Waals surface area contributed by atoms with Crippen molar-refractivity contribution in [2.45, 2.75) is 18.9 Å². The quantitative estimate of drug-likeness (QED) is 0.788. The number of ether oxygens (including phenoxy) is 2. The zero-order valence-electron chi connectivity index (χ0n) is 13.9. The lowest BCUT2D eigenvalue weighted by atomic mass is 10.0. The Kier molecular flexibility index (Phi) is 5.80. The lowest BCUT2D eigenvalue weighted by Crippen LogP contribution is -2.35. The smallest absolute Gasteiger partial charge is 0.258 e. The molecule has 5 nitrogen and oxygen atoms in total. The van der Waals surface area contributed by atoms with Crippen LogP contribution in [-0.4, -0.2) is 37.6 Å². The Morgan fingerprint density at radius 3 is 2.44 bits per heavy atom. The van der Waals surface area contributed by atoms with Gasteiger partial charge in [-0.3, -0.25) is 9.59 Å². The monoisotopic (exact) mass is 339 g/mol. The van der Waals surface area contributed by atoms with Crippen molar-refractivity contribution in [2.75, 3.05) is 19.8 Å². The predicted molar refractivity (Wildman–Crippen MR) is 93.8 cm³/mol. The third-order valence-corrected chi connectivity index (χ3v) is 4.07. The molecule has 5 heteroatoms. The van der Waals surface area contributed by atoms with Crippen LogP contribution in [0.1, 0.15) is 28.8 Å². The van der Waals surface area contributed by atoms with Crippen LogP contribution >= 0.6 is 0 Å². The minimum Gasteiger partial charge on any atom is -0.484 e. The zero-order chi connectivity index (χ0) is 17.5. The summed E-state index contributed by atoms with van der Waals surface area (Å²) in [7, 11) is 0. The number of amides is 1. The van der Waals surface area contributed by atoms with Gasteiger partial charge in [-0.25, -0.2) is 0 Å². The lowest BCUT2D eigenvalue weighted by molar-refractivity contribution is -0.123. The number of hydrogen-bond acceptors (Lipinski definition) is 4. The Labute approximate surface area is 147 Å². The van der Waals surface area contributed by atoms with Crippen LogP contribution in [0, 0.1) is 0 Å². The van der Waals surface area contributed by atoms with Crippen molar-refractivity contribution in [3.05, 3.63) is 65.7 Å². The number of carbonyl (C=O) groups is 2. The Bertz CT molecular complexity index is 706. The fraction of sp³-hybridized carbons (Fsp3) is 0.300. The normalized spacial score (nSPS) is 16.4. The van der Waals surface area contributed by atoms with E-state index in [2.05, 4.69) is 5.32 Å². The van der Waals surface area contributed by atoms with Gasteiger partial charge >= 0.3 is 0 Å².